The molecule has 0 aliphatic carbocycles. The zero-order chi connectivity index (χ0) is 17.8. The predicted octanol–water partition coefficient (Wildman–Crippen LogP) is 2.09. The molecule has 2 aromatic carbocycles. The maximum atomic E-state index is 11.9. The predicted molar refractivity (Wildman–Crippen MR) is 98.2 cm³/mol. The maximum Gasteiger partial charge on any atom is 0.248 e. The molecule has 1 aliphatic heterocycles. The molecule has 5 heteroatoms. The normalized spacial score (nSPS) is 15.0. The SMILES string of the molecule is NC(=O)c1ccc(-c2ccc(CC3CCNCC3)c(C(N)=O)c2)cc1. The number of amides is 2. The van der Waals surface area contributed by atoms with Crippen molar-refractivity contribution in [1.82, 2.24) is 5.32 Å². The van der Waals surface area contributed by atoms with Crippen molar-refractivity contribution in [2.75, 3.05) is 13.1 Å². The summed E-state index contributed by atoms with van der Waals surface area (Å²) in [5.41, 5.74) is 14.8. The Morgan fingerprint density at radius 1 is 0.920 bits per heavy atom. The number of benzene rings is 2. The third-order valence-electron chi connectivity index (χ3n) is 4.85. The molecule has 0 radical (unpaired) electrons. The van der Waals surface area contributed by atoms with E-state index in [1.165, 1.54) is 0 Å². The number of carbonyl (C=O) groups excluding carboxylic acids is 2. The number of nitrogens with one attached hydrogen (secondary N) is 1. The summed E-state index contributed by atoms with van der Waals surface area (Å²) in [5, 5.41) is 3.36. The molecule has 130 valence electrons. The van der Waals surface area contributed by atoms with Crippen molar-refractivity contribution >= 4 is 11.8 Å². The van der Waals surface area contributed by atoms with Crippen LogP contribution in [0.3, 0.4) is 0 Å². The molecular formula is C20H23N3O2. The molecule has 1 heterocycles. The van der Waals surface area contributed by atoms with Gasteiger partial charge in [0.25, 0.3) is 0 Å². The molecule has 25 heavy (non-hydrogen) atoms. The Labute approximate surface area is 147 Å². The number of carbonyl (C=O) groups is 2. The second-order valence-corrected chi connectivity index (χ2v) is 6.58. The molecule has 0 spiro atoms. The minimum Gasteiger partial charge on any atom is -0.366 e. The Balaban J connectivity index is 1.87. The zero-order valence-electron chi connectivity index (χ0n) is 14.1. The van der Waals surface area contributed by atoms with E-state index in [4.69, 9.17) is 11.5 Å². The molecule has 2 aromatic rings. The van der Waals surface area contributed by atoms with E-state index < -0.39 is 11.8 Å². The van der Waals surface area contributed by atoms with Crippen molar-refractivity contribution in [3.05, 3.63) is 59.2 Å². The van der Waals surface area contributed by atoms with Gasteiger partial charge in [0.2, 0.25) is 11.8 Å². The summed E-state index contributed by atoms with van der Waals surface area (Å²) in [6.07, 6.45) is 3.11. The lowest BCUT2D eigenvalue weighted by atomic mass is 9.87. The molecule has 0 bridgehead atoms. The summed E-state index contributed by atoms with van der Waals surface area (Å²) in [6, 6.07) is 12.9. The van der Waals surface area contributed by atoms with Gasteiger partial charge in [-0.25, -0.2) is 0 Å². The molecular weight excluding hydrogens is 314 g/mol. The second-order valence-electron chi connectivity index (χ2n) is 6.58. The average molecular weight is 337 g/mol. The van der Waals surface area contributed by atoms with Crippen LogP contribution in [0.15, 0.2) is 42.5 Å². The van der Waals surface area contributed by atoms with Crippen molar-refractivity contribution in [2.45, 2.75) is 19.3 Å². The Morgan fingerprint density at radius 3 is 2.16 bits per heavy atom. The van der Waals surface area contributed by atoms with Crippen molar-refractivity contribution in [2.24, 2.45) is 17.4 Å². The van der Waals surface area contributed by atoms with Crippen LogP contribution in [0, 0.1) is 5.92 Å². The van der Waals surface area contributed by atoms with Crippen LogP contribution >= 0.6 is 0 Å². The molecule has 2 amide bonds. The quantitative estimate of drug-likeness (QED) is 0.779. The van der Waals surface area contributed by atoms with Gasteiger partial charge in [-0.2, -0.15) is 0 Å². The van der Waals surface area contributed by atoms with Crippen LogP contribution < -0.4 is 16.8 Å². The van der Waals surface area contributed by atoms with Crippen LogP contribution in [-0.4, -0.2) is 24.9 Å². The topological polar surface area (TPSA) is 98.2 Å². The number of primary amides is 2. The molecule has 1 aliphatic rings. The van der Waals surface area contributed by atoms with Gasteiger partial charge in [0.15, 0.2) is 0 Å². The van der Waals surface area contributed by atoms with E-state index in [2.05, 4.69) is 5.32 Å². The summed E-state index contributed by atoms with van der Waals surface area (Å²) < 4.78 is 0. The number of rotatable bonds is 5. The lowest BCUT2D eigenvalue weighted by Gasteiger charge is -2.23. The lowest BCUT2D eigenvalue weighted by Crippen LogP contribution is -2.29. The van der Waals surface area contributed by atoms with E-state index >= 15 is 0 Å². The van der Waals surface area contributed by atoms with Gasteiger partial charge < -0.3 is 16.8 Å². The van der Waals surface area contributed by atoms with Gasteiger partial charge >= 0.3 is 0 Å². The van der Waals surface area contributed by atoms with Crippen molar-refractivity contribution in [1.29, 1.82) is 0 Å². The van der Waals surface area contributed by atoms with Gasteiger partial charge in [-0.3, -0.25) is 9.59 Å². The summed E-state index contributed by atoms with van der Waals surface area (Å²) in [4.78, 5) is 23.1. The summed E-state index contributed by atoms with van der Waals surface area (Å²) >= 11 is 0. The fourth-order valence-electron chi connectivity index (χ4n) is 3.39. The largest absolute Gasteiger partial charge is 0.366 e. The molecule has 0 saturated carbocycles. The van der Waals surface area contributed by atoms with Gasteiger partial charge in [0.05, 0.1) is 0 Å². The lowest BCUT2D eigenvalue weighted by molar-refractivity contribution is 0.0991. The van der Waals surface area contributed by atoms with Crippen molar-refractivity contribution < 1.29 is 9.59 Å². The first-order valence-corrected chi connectivity index (χ1v) is 8.58. The monoisotopic (exact) mass is 337 g/mol. The number of piperidine rings is 1. The number of hydrogen-bond donors (Lipinski definition) is 3. The molecule has 5 N–H and O–H groups in total. The Morgan fingerprint density at radius 2 is 1.56 bits per heavy atom. The fraction of sp³-hybridized carbons (Fsp3) is 0.300. The smallest absolute Gasteiger partial charge is 0.248 e. The van der Waals surface area contributed by atoms with Gasteiger partial charge in [-0.05, 0) is 73.2 Å². The van der Waals surface area contributed by atoms with Crippen LogP contribution in [0.4, 0.5) is 0 Å². The minimum absolute atomic E-state index is 0.403. The minimum atomic E-state index is -0.457. The van der Waals surface area contributed by atoms with Gasteiger partial charge in [-0.15, -0.1) is 0 Å². The highest BCUT2D eigenvalue weighted by atomic mass is 16.1. The van der Waals surface area contributed by atoms with E-state index in [-0.39, 0.29) is 0 Å². The summed E-state index contributed by atoms with van der Waals surface area (Å²) in [6.45, 7) is 2.06. The van der Waals surface area contributed by atoms with Crippen LogP contribution in [0.25, 0.3) is 11.1 Å². The third kappa shape index (κ3) is 4.06. The molecule has 0 atom stereocenters. The first kappa shape index (κ1) is 17.2. The van der Waals surface area contributed by atoms with Crippen LogP contribution in [-0.2, 0) is 6.42 Å². The highest BCUT2D eigenvalue weighted by Gasteiger charge is 2.17. The van der Waals surface area contributed by atoms with E-state index in [1.807, 2.05) is 30.3 Å². The molecule has 0 unspecified atom stereocenters. The van der Waals surface area contributed by atoms with E-state index in [0.717, 1.165) is 49.0 Å². The Bertz CT molecular complexity index is 778. The molecule has 1 fully saturated rings. The van der Waals surface area contributed by atoms with Crippen molar-refractivity contribution in [3.63, 3.8) is 0 Å². The van der Waals surface area contributed by atoms with E-state index in [9.17, 15) is 9.59 Å². The summed E-state index contributed by atoms with van der Waals surface area (Å²) in [5.74, 6) is -0.277. The van der Waals surface area contributed by atoms with E-state index in [1.54, 1.807) is 12.1 Å². The van der Waals surface area contributed by atoms with Gasteiger partial charge in [-0.1, -0.05) is 24.3 Å². The average Bonchev–Trinajstić information content (AvgIpc) is 2.63. The second kappa shape index (κ2) is 7.49. The fourth-order valence-corrected chi connectivity index (χ4v) is 3.39. The van der Waals surface area contributed by atoms with Crippen LogP contribution in [0.2, 0.25) is 0 Å². The number of nitrogens with two attached hydrogens (primary N) is 2. The first-order chi connectivity index (χ1) is 12.0. The highest BCUT2D eigenvalue weighted by molar-refractivity contribution is 5.96. The molecule has 3 rings (SSSR count). The summed E-state index contributed by atoms with van der Waals surface area (Å²) in [7, 11) is 0. The maximum absolute atomic E-state index is 11.9. The first-order valence-electron chi connectivity index (χ1n) is 8.58. The van der Waals surface area contributed by atoms with Crippen molar-refractivity contribution in [3.8, 4) is 11.1 Å². The van der Waals surface area contributed by atoms with E-state index in [0.29, 0.717) is 17.0 Å². The third-order valence-corrected chi connectivity index (χ3v) is 4.85. The van der Waals surface area contributed by atoms with Crippen LogP contribution in [0.5, 0.6) is 0 Å². The molecule has 1 saturated heterocycles. The Kier molecular flexibility index (Phi) is 5.14. The highest BCUT2D eigenvalue weighted by Crippen LogP contribution is 2.26. The Hall–Kier alpha value is -2.66. The van der Waals surface area contributed by atoms with Gasteiger partial charge in [0, 0.05) is 11.1 Å². The van der Waals surface area contributed by atoms with Gasteiger partial charge in [0.1, 0.15) is 0 Å². The van der Waals surface area contributed by atoms with Crippen LogP contribution in [0.1, 0.15) is 39.1 Å². The number of hydrogen-bond acceptors (Lipinski definition) is 3. The molecule has 5 nitrogen and oxygen atoms in total. The zero-order valence-corrected chi connectivity index (χ0v) is 14.1. The molecule has 0 aromatic heterocycles. The standard InChI is InChI=1S/C20H23N3O2/c21-19(24)15-3-1-14(2-4-15)16-5-6-17(18(12-16)20(22)25)11-13-7-9-23-10-8-13/h1-6,12-13,23H,7-11H2,(H2,21,24)(H2,22,25).